The number of likely N-dealkylation sites (tertiary alicyclic amines) is 1. The lowest BCUT2D eigenvalue weighted by molar-refractivity contribution is -0.140. The number of nitrogens with zero attached hydrogens (tertiary/aromatic N) is 1. The Morgan fingerprint density at radius 3 is 2.57 bits per heavy atom. The molecule has 2 heterocycles. The first-order valence-electron chi connectivity index (χ1n) is 9.83. The number of carbonyl (C=O) groups excluding carboxylic acids is 4. The van der Waals surface area contributed by atoms with E-state index in [1.165, 1.54) is 6.92 Å². The monoisotopic (exact) mass is 436 g/mol. The molecule has 2 atom stereocenters. The number of hydrogen-bond donors (Lipinski definition) is 3. The van der Waals surface area contributed by atoms with Gasteiger partial charge in [-0.1, -0.05) is 11.6 Å². The lowest BCUT2D eigenvalue weighted by atomic mass is 9.90. The molecule has 9 nitrogen and oxygen atoms in total. The number of primary amides is 1. The Morgan fingerprint density at radius 2 is 1.93 bits per heavy atom. The van der Waals surface area contributed by atoms with Crippen molar-refractivity contribution in [2.45, 2.75) is 45.3 Å². The molecular weight excluding hydrogens is 412 g/mol. The molecule has 1 fully saturated rings. The molecule has 0 spiro atoms. The van der Waals surface area contributed by atoms with Crippen LogP contribution >= 0.6 is 11.6 Å². The topological polar surface area (TPSA) is 131 Å². The predicted octanol–water partition coefficient (Wildman–Crippen LogP) is 1.68. The van der Waals surface area contributed by atoms with Gasteiger partial charge in [0.1, 0.15) is 0 Å². The summed E-state index contributed by atoms with van der Waals surface area (Å²) in [4.78, 5) is 49.0. The molecule has 10 heteroatoms. The number of hydrogen-bond acceptors (Lipinski definition) is 5. The van der Waals surface area contributed by atoms with Crippen LogP contribution in [0.3, 0.4) is 0 Å². The molecule has 1 aromatic rings. The average Bonchev–Trinajstić information content (AvgIpc) is 3.04. The van der Waals surface area contributed by atoms with Gasteiger partial charge in [0.15, 0.2) is 6.10 Å². The first-order chi connectivity index (χ1) is 14.2. The predicted molar refractivity (Wildman–Crippen MR) is 110 cm³/mol. The number of benzene rings is 1. The largest absolute Gasteiger partial charge is 0.437 e. The fourth-order valence-corrected chi connectivity index (χ4v) is 4.18. The molecule has 1 unspecified atom stereocenters. The highest BCUT2D eigenvalue weighted by Gasteiger charge is 2.31. The average molecular weight is 437 g/mol. The summed E-state index contributed by atoms with van der Waals surface area (Å²) in [5.41, 5.74) is 6.69. The van der Waals surface area contributed by atoms with E-state index in [1.54, 1.807) is 17.0 Å². The van der Waals surface area contributed by atoms with Crippen LogP contribution in [0.2, 0.25) is 5.02 Å². The Bertz CT molecular complexity index is 882. The highest BCUT2D eigenvalue weighted by atomic mass is 35.5. The number of nitrogens with two attached hydrogens (primary N) is 1. The fourth-order valence-electron chi connectivity index (χ4n) is 3.93. The summed E-state index contributed by atoms with van der Waals surface area (Å²) < 4.78 is 4.74. The second-order valence-electron chi connectivity index (χ2n) is 7.72. The SMILES string of the molecule is CC(NC(=O)c1cc2c(cc1Cl)NC(=O)C2)C1CCN(C(=O)[C@H](C)OC(N)=O)CC1. The van der Waals surface area contributed by atoms with Crippen LogP contribution in [0, 0.1) is 5.92 Å². The molecule has 0 saturated carbocycles. The van der Waals surface area contributed by atoms with E-state index >= 15 is 0 Å². The molecule has 30 heavy (non-hydrogen) atoms. The molecule has 1 saturated heterocycles. The fraction of sp³-hybridized carbons (Fsp3) is 0.500. The van der Waals surface area contributed by atoms with Gasteiger partial charge in [-0.05, 0) is 50.3 Å². The molecular formula is C20H25ClN4O5. The Balaban J connectivity index is 1.55. The molecule has 0 bridgehead atoms. The van der Waals surface area contributed by atoms with E-state index in [9.17, 15) is 19.2 Å². The lowest BCUT2D eigenvalue weighted by Crippen LogP contribution is -2.48. The molecule has 0 aliphatic carbocycles. The highest BCUT2D eigenvalue weighted by Crippen LogP contribution is 2.30. The van der Waals surface area contributed by atoms with Crippen molar-refractivity contribution >= 4 is 41.1 Å². The van der Waals surface area contributed by atoms with E-state index in [-0.39, 0.29) is 41.1 Å². The summed E-state index contributed by atoms with van der Waals surface area (Å²) in [5.74, 6) is -0.515. The summed E-state index contributed by atoms with van der Waals surface area (Å²) in [6, 6.07) is 3.12. The van der Waals surface area contributed by atoms with E-state index in [1.807, 2.05) is 6.92 Å². The van der Waals surface area contributed by atoms with Crippen LogP contribution in [0.5, 0.6) is 0 Å². The van der Waals surface area contributed by atoms with Crippen LogP contribution in [0.15, 0.2) is 12.1 Å². The van der Waals surface area contributed by atoms with Crippen LogP contribution in [0.25, 0.3) is 0 Å². The second-order valence-corrected chi connectivity index (χ2v) is 8.13. The Hall–Kier alpha value is -2.81. The number of fused-ring (bicyclic) bond motifs is 1. The lowest BCUT2D eigenvalue weighted by Gasteiger charge is -2.36. The minimum Gasteiger partial charge on any atom is -0.437 e. The van der Waals surface area contributed by atoms with Crippen molar-refractivity contribution in [3.63, 3.8) is 0 Å². The number of amides is 4. The number of piperidine rings is 1. The third kappa shape index (κ3) is 4.84. The van der Waals surface area contributed by atoms with Gasteiger partial charge in [0.05, 0.1) is 17.0 Å². The smallest absolute Gasteiger partial charge is 0.405 e. The van der Waals surface area contributed by atoms with Gasteiger partial charge in [-0.3, -0.25) is 14.4 Å². The third-order valence-electron chi connectivity index (χ3n) is 5.62. The van der Waals surface area contributed by atoms with Crippen molar-refractivity contribution < 1.29 is 23.9 Å². The van der Waals surface area contributed by atoms with E-state index < -0.39 is 12.2 Å². The van der Waals surface area contributed by atoms with E-state index in [2.05, 4.69) is 10.6 Å². The van der Waals surface area contributed by atoms with E-state index in [4.69, 9.17) is 22.1 Å². The van der Waals surface area contributed by atoms with Gasteiger partial charge in [-0.15, -0.1) is 0 Å². The first kappa shape index (κ1) is 21.9. The van der Waals surface area contributed by atoms with Gasteiger partial charge in [-0.25, -0.2) is 4.79 Å². The van der Waals surface area contributed by atoms with Crippen molar-refractivity contribution in [1.82, 2.24) is 10.2 Å². The zero-order valence-electron chi connectivity index (χ0n) is 16.9. The standard InChI is InChI=1S/C20H25ClN4O5/c1-10(12-3-5-25(6-4-12)19(28)11(2)30-20(22)29)23-18(27)14-7-13-8-17(26)24-16(13)9-15(14)21/h7,9-12H,3-6,8H2,1-2H3,(H2,22,29)(H,23,27)(H,24,26)/t10?,11-/m0/s1. The number of halogens is 1. The summed E-state index contributed by atoms with van der Waals surface area (Å²) in [6.45, 7) is 4.42. The Kier molecular flexibility index (Phi) is 6.50. The van der Waals surface area contributed by atoms with Crippen LogP contribution in [-0.2, 0) is 20.7 Å². The molecule has 2 aliphatic heterocycles. The number of ether oxygens (including phenoxy) is 1. The summed E-state index contributed by atoms with van der Waals surface area (Å²) in [5, 5.41) is 5.97. The normalized spacial score (nSPS) is 18.2. The minimum atomic E-state index is -0.979. The molecule has 4 amide bonds. The highest BCUT2D eigenvalue weighted by molar-refractivity contribution is 6.34. The Morgan fingerprint density at radius 1 is 1.27 bits per heavy atom. The van der Waals surface area contributed by atoms with Gasteiger partial charge >= 0.3 is 6.09 Å². The number of nitrogens with one attached hydrogen (secondary N) is 2. The van der Waals surface area contributed by atoms with E-state index in [0.29, 0.717) is 37.2 Å². The number of anilines is 1. The minimum absolute atomic E-state index is 0.121. The molecule has 1 aromatic carbocycles. The zero-order valence-corrected chi connectivity index (χ0v) is 17.6. The van der Waals surface area contributed by atoms with Crippen molar-refractivity contribution in [2.24, 2.45) is 11.7 Å². The third-order valence-corrected chi connectivity index (χ3v) is 5.93. The maximum absolute atomic E-state index is 12.7. The van der Waals surface area contributed by atoms with Gasteiger partial charge in [-0.2, -0.15) is 0 Å². The molecule has 4 N–H and O–H groups in total. The van der Waals surface area contributed by atoms with Crippen molar-refractivity contribution in [3.05, 3.63) is 28.3 Å². The van der Waals surface area contributed by atoms with Crippen LogP contribution in [0.4, 0.5) is 10.5 Å². The maximum atomic E-state index is 12.7. The quantitative estimate of drug-likeness (QED) is 0.646. The molecule has 3 rings (SSSR count). The summed E-state index contributed by atoms with van der Waals surface area (Å²) in [7, 11) is 0. The van der Waals surface area contributed by atoms with Crippen LogP contribution in [0.1, 0.15) is 42.6 Å². The van der Waals surface area contributed by atoms with Crippen molar-refractivity contribution in [3.8, 4) is 0 Å². The molecule has 0 radical (unpaired) electrons. The van der Waals surface area contributed by atoms with Crippen molar-refractivity contribution in [1.29, 1.82) is 0 Å². The molecule has 0 aromatic heterocycles. The van der Waals surface area contributed by atoms with Crippen LogP contribution in [-0.4, -0.2) is 54.0 Å². The zero-order chi connectivity index (χ0) is 22.0. The summed E-state index contributed by atoms with van der Waals surface area (Å²) >= 11 is 6.24. The first-order valence-corrected chi connectivity index (χ1v) is 10.2. The second kappa shape index (κ2) is 8.91. The van der Waals surface area contributed by atoms with E-state index in [0.717, 1.165) is 5.56 Å². The molecule has 2 aliphatic rings. The summed E-state index contributed by atoms with van der Waals surface area (Å²) in [6.07, 6.45) is -0.265. The molecule has 162 valence electrons. The maximum Gasteiger partial charge on any atom is 0.405 e. The van der Waals surface area contributed by atoms with Crippen LogP contribution < -0.4 is 16.4 Å². The number of carbonyl (C=O) groups is 4. The van der Waals surface area contributed by atoms with Crippen molar-refractivity contribution in [2.75, 3.05) is 18.4 Å². The number of rotatable bonds is 5. The van der Waals surface area contributed by atoms with Gasteiger partial charge in [0.2, 0.25) is 5.91 Å². The van der Waals surface area contributed by atoms with Gasteiger partial charge < -0.3 is 26.0 Å². The Labute approximate surface area is 179 Å². The van der Waals surface area contributed by atoms with Gasteiger partial charge in [0, 0.05) is 24.8 Å². The van der Waals surface area contributed by atoms with Gasteiger partial charge in [0.25, 0.3) is 11.8 Å².